The molecule has 0 radical (unpaired) electrons. The second-order valence-electron chi connectivity index (χ2n) is 3.53. The Morgan fingerprint density at radius 3 is 2.50 bits per heavy atom. The fraction of sp³-hybridized carbons (Fsp3) is 0.231. The van der Waals surface area contributed by atoms with Gasteiger partial charge in [-0.25, -0.2) is 4.79 Å². The highest BCUT2D eigenvalue weighted by Crippen LogP contribution is 2.08. The first kappa shape index (κ1) is 12.0. The lowest BCUT2D eigenvalue weighted by atomic mass is 10.1. The third-order valence-electron chi connectivity index (χ3n) is 1.79. The zero-order valence-electron chi connectivity index (χ0n) is 9.31. The zero-order chi connectivity index (χ0) is 12.0. The highest BCUT2D eigenvalue weighted by atomic mass is 16.5. The lowest BCUT2D eigenvalue weighted by Crippen LogP contribution is -2.12. The van der Waals surface area contributed by atoms with Crippen molar-refractivity contribution in [1.29, 1.82) is 5.26 Å². The summed E-state index contributed by atoms with van der Waals surface area (Å²) < 4.78 is 4.95. The molecule has 0 aromatic heterocycles. The van der Waals surface area contributed by atoms with Crippen LogP contribution in [0.5, 0.6) is 0 Å². The van der Waals surface area contributed by atoms with E-state index < -0.39 is 5.97 Å². The van der Waals surface area contributed by atoms with Crippen LogP contribution in [0.4, 0.5) is 0 Å². The number of carbonyl (C=O) groups excluding carboxylic acids is 1. The largest absolute Gasteiger partial charge is 0.459 e. The number of esters is 1. The van der Waals surface area contributed by atoms with Crippen LogP contribution in [0.15, 0.2) is 35.9 Å². The maximum atomic E-state index is 11.5. The monoisotopic (exact) mass is 215 g/mol. The van der Waals surface area contributed by atoms with Crippen LogP contribution in [0.3, 0.4) is 0 Å². The fourth-order valence-corrected chi connectivity index (χ4v) is 1.13. The summed E-state index contributed by atoms with van der Waals surface area (Å²) in [6, 6.07) is 11.0. The molecule has 0 aliphatic carbocycles. The second kappa shape index (κ2) is 5.72. The number of hydrogen-bond acceptors (Lipinski definition) is 3. The molecule has 82 valence electrons. The van der Waals surface area contributed by atoms with Gasteiger partial charge < -0.3 is 4.74 Å². The zero-order valence-corrected chi connectivity index (χ0v) is 9.31. The maximum Gasteiger partial charge on any atom is 0.349 e. The average Bonchev–Trinajstić information content (AvgIpc) is 2.26. The summed E-state index contributed by atoms with van der Waals surface area (Å²) in [5.41, 5.74) is 0.819. The van der Waals surface area contributed by atoms with Crippen molar-refractivity contribution in [2.75, 3.05) is 0 Å². The van der Waals surface area contributed by atoms with E-state index in [1.54, 1.807) is 13.8 Å². The van der Waals surface area contributed by atoms with Gasteiger partial charge in [-0.2, -0.15) is 5.26 Å². The SMILES string of the molecule is CC(C)OC(=O)/C(C#N)=C/c1ccccc1. The third kappa shape index (κ3) is 3.58. The number of ether oxygens (including phenoxy) is 1. The fourth-order valence-electron chi connectivity index (χ4n) is 1.13. The molecular formula is C13H13NO2. The van der Waals surface area contributed by atoms with Gasteiger partial charge in [0.25, 0.3) is 0 Å². The Kier molecular flexibility index (Phi) is 4.28. The van der Waals surface area contributed by atoms with E-state index in [-0.39, 0.29) is 11.7 Å². The maximum absolute atomic E-state index is 11.5. The average molecular weight is 215 g/mol. The Hall–Kier alpha value is -2.08. The standard InChI is InChI=1S/C13H13NO2/c1-10(2)16-13(15)12(9-14)8-11-6-4-3-5-7-11/h3-8,10H,1-2H3/b12-8+. The lowest BCUT2D eigenvalue weighted by Gasteiger charge is -2.06. The van der Waals surface area contributed by atoms with Crippen molar-refractivity contribution in [3.8, 4) is 6.07 Å². The van der Waals surface area contributed by atoms with Crippen molar-refractivity contribution in [2.45, 2.75) is 20.0 Å². The number of hydrogen-bond donors (Lipinski definition) is 0. The van der Waals surface area contributed by atoms with Crippen molar-refractivity contribution in [3.05, 3.63) is 41.5 Å². The summed E-state index contributed by atoms with van der Waals surface area (Å²) >= 11 is 0. The molecular weight excluding hydrogens is 202 g/mol. The summed E-state index contributed by atoms with van der Waals surface area (Å²) in [5, 5.41) is 8.85. The number of rotatable bonds is 3. The van der Waals surface area contributed by atoms with Crippen LogP contribution in [0.25, 0.3) is 6.08 Å². The second-order valence-corrected chi connectivity index (χ2v) is 3.53. The van der Waals surface area contributed by atoms with Crippen molar-refractivity contribution >= 4 is 12.0 Å². The third-order valence-corrected chi connectivity index (χ3v) is 1.79. The molecule has 3 nitrogen and oxygen atoms in total. The van der Waals surface area contributed by atoms with E-state index in [9.17, 15) is 4.79 Å². The van der Waals surface area contributed by atoms with Crippen LogP contribution < -0.4 is 0 Å². The van der Waals surface area contributed by atoms with Crippen LogP contribution in [0.2, 0.25) is 0 Å². The van der Waals surface area contributed by atoms with Gasteiger partial charge in [0.1, 0.15) is 11.6 Å². The van der Waals surface area contributed by atoms with Crippen molar-refractivity contribution in [1.82, 2.24) is 0 Å². The molecule has 0 saturated heterocycles. The molecule has 3 heteroatoms. The van der Waals surface area contributed by atoms with Gasteiger partial charge in [-0.15, -0.1) is 0 Å². The van der Waals surface area contributed by atoms with E-state index in [0.717, 1.165) is 5.56 Å². The molecule has 0 aliphatic heterocycles. The van der Waals surface area contributed by atoms with E-state index >= 15 is 0 Å². The van der Waals surface area contributed by atoms with Gasteiger partial charge >= 0.3 is 5.97 Å². The number of benzene rings is 1. The molecule has 0 atom stereocenters. The summed E-state index contributed by atoms with van der Waals surface area (Å²) in [4.78, 5) is 11.5. The summed E-state index contributed by atoms with van der Waals surface area (Å²) in [6.07, 6.45) is 1.30. The molecule has 0 amide bonds. The normalized spacial score (nSPS) is 11.0. The van der Waals surface area contributed by atoms with Crippen LogP contribution in [-0.4, -0.2) is 12.1 Å². The van der Waals surface area contributed by atoms with Crippen LogP contribution in [0.1, 0.15) is 19.4 Å². The molecule has 16 heavy (non-hydrogen) atoms. The Bertz CT molecular complexity index is 427. The number of nitriles is 1. The van der Waals surface area contributed by atoms with Crippen LogP contribution in [-0.2, 0) is 9.53 Å². The summed E-state index contributed by atoms with van der Waals surface area (Å²) in [6.45, 7) is 3.49. The smallest absolute Gasteiger partial charge is 0.349 e. The predicted octanol–water partition coefficient (Wildman–Crippen LogP) is 2.55. The van der Waals surface area contributed by atoms with E-state index in [1.807, 2.05) is 36.4 Å². The van der Waals surface area contributed by atoms with Crippen LogP contribution >= 0.6 is 0 Å². The predicted molar refractivity (Wildman–Crippen MR) is 61.3 cm³/mol. The van der Waals surface area contributed by atoms with Crippen molar-refractivity contribution in [3.63, 3.8) is 0 Å². The quantitative estimate of drug-likeness (QED) is 0.442. The Morgan fingerprint density at radius 2 is 2.00 bits per heavy atom. The van der Waals surface area contributed by atoms with Gasteiger partial charge in [0.15, 0.2) is 0 Å². The molecule has 0 aliphatic rings. The molecule has 0 saturated carbocycles. The Labute approximate surface area is 95.0 Å². The minimum atomic E-state index is -0.582. The highest BCUT2D eigenvalue weighted by molar-refractivity contribution is 5.97. The van der Waals surface area contributed by atoms with E-state index in [4.69, 9.17) is 10.00 Å². The minimum Gasteiger partial charge on any atom is -0.459 e. The topological polar surface area (TPSA) is 50.1 Å². The first-order valence-corrected chi connectivity index (χ1v) is 5.01. The first-order chi connectivity index (χ1) is 7.63. The van der Waals surface area contributed by atoms with Gasteiger partial charge in [0, 0.05) is 0 Å². The molecule has 0 unspecified atom stereocenters. The van der Waals surface area contributed by atoms with E-state index in [2.05, 4.69) is 0 Å². The Balaban J connectivity index is 2.88. The molecule has 1 rings (SSSR count). The molecule has 0 fully saturated rings. The van der Waals surface area contributed by atoms with E-state index in [1.165, 1.54) is 6.08 Å². The molecule has 0 spiro atoms. The summed E-state index contributed by atoms with van der Waals surface area (Å²) in [5.74, 6) is -0.582. The van der Waals surface area contributed by atoms with Gasteiger partial charge in [-0.05, 0) is 25.5 Å². The Morgan fingerprint density at radius 1 is 1.38 bits per heavy atom. The minimum absolute atomic E-state index is 0.0138. The number of carbonyl (C=O) groups is 1. The van der Waals surface area contributed by atoms with E-state index in [0.29, 0.717) is 0 Å². The molecule has 1 aromatic carbocycles. The molecule has 1 aromatic rings. The number of nitrogens with zero attached hydrogens (tertiary/aromatic N) is 1. The molecule has 0 heterocycles. The summed E-state index contributed by atoms with van der Waals surface area (Å²) in [7, 11) is 0. The van der Waals surface area contributed by atoms with Gasteiger partial charge in [-0.3, -0.25) is 0 Å². The first-order valence-electron chi connectivity index (χ1n) is 5.01. The molecule has 0 N–H and O–H groups in total. The van der Waals surface area contributed by atoms with Gasteiger partial charge in [0.05, 0.1) is 6.10 Å². The highest BCUT2D eigenvalue weighted by Gasteiger charge is 2.11. The van der Waals surface area contributed by atoms with Gasteiger partial charge in [0.2, 0.25) is 0 Å². The van der Waals surface area contributed by atoms with Crippen molar-refractivity contribution in [2.24, 2.45) is 0 Å². The van der Waals surface area contributed by atoms with Crippen molar-refractivity contribution < 1.29 is 9.53 Å². The lowest BCUT2D eigenvalue weighted by molar-refractivity contribution is -0.142. The molecule has 0 bridgehead atoms. The van der Waals surface area contributed by atoms with Gasteiger partial charge in [-0.1, -0.05) is 30.3 Å². The van der Waals surface area contributed by atoms with Crippen LogP contribution in [0, 0.1) is 11.3 Å².